The molecule has 122 valence electrons. The van der Waals surface area contributed by atoms with Gasteiger partial charge in [0.25, 0.3) is 5.91 Å². The molecule has 1 atom stereocenters. The Morgan fingerprint density at radius 2 is 2.04 bits per heavy atom. The molecule has 3 heterocycles. The van der Waals surface area contributed by atoms with E-state index < -0.39 is 0 Å². The van der Waals surface area contributed by atoms with Crippen molar-refractivity contribution >= 4 is 5.91 Å². The third-order valence-electron chi connectivity index (χ3n) is 3.86. The number of amides is 1. The summed E-state index contributed by atoms with van der Waals surface area (Å²) in [7, 11) is 0. The highest BCUT2D eigenvalue weighted by atomic mass is 16.5. The van der Waals surface area contributed by atoms with Crippen molar-refractivity contribution in [3.05, 3.63) is 41.5 Å². The van der Waals surface area contributed by atoms with Gasteiger partial charge in [0, 0.05) is 36.7 Å². The van der Waals surface area contributed by atoms with Gasteiger partial charge in [0.1, 0.15) is 17.7 Å². The minimum atomic E-state index is -0.213. The van der Waals surface area contributed by atoms with E-state index >= 15 is 0 Å². The summed E-state index contributed by atoms with van der Waals surface area (Å²) in [5.74, 6) is 1.63. The molecule has 1 saturated heterocycles. The minimum Gasteiger partial charge on any atom is -0.377 e. The number of hydrogen-bond donors (Lipinski definition) is 1. The van der Waals surface area contributed by atoms with E-state index in [0.717, 1.165) is 17.3 Å². The number of ether oxygens (including phenoxy) is 1. The molecule has 1 N–H and O–H groups in total. The van der Waals surface area contributed by atoms with Crippen LogP contribution in [0.5, 0.6) is 0 Å². The second-order valence-electron chi connectivity index (χ2n) is 6.03. The molecule has 2 aromatic rings. The van der Waals surface area contributed by atoms with Crippen LogP contribution in [0.15, 0.2) is 18.6 Å². The van der Waals surface area contributed by atoms with Crippen molar-refractivity contribution in [1.29, 1.82) is 0 Å². The monoisotopic (exact) mass is 315 g/mol. The maximum Gasteiger partial charge on any atom is 0.257 e. The van der Waals surface area contributed by atoms with E-state index in [-0.39, 0.29) is 17.9 Å². The van der Waals surface area contributed by atoms with Crippen molar-refractivity contribution in [3.8, 4) is 0 Å². The largest absolute Gasteiger partial charge is 0.377 e. The molecule has 7 nitrogen and oxygen atoms in total. The number of carbonyl (C=O) groups is 1. The quantitative estimate of drug-likeness (QED) is 0.934. The Balaban J connectivity index is 1.83. The molecule has 3 rings (SSSR count). The zero-order valence-electron chi connectivity index (χ0n) is 13.6. The summed E-state index contributed by atoms with van der Waals surface area (Å²) in [6, 6.07) is -0.213. The van der Waals surface area contributed by atoms with Crippen LogP contribution in [-0.2, 0) is 4.74 Å². The number of carbonyl (C=O) groups excluding carboxylic acids is 1. The molecule has 1 aliphatic heterocycles. The van der Waals surface area contributed by atoms with Gasteiger partial charge in [0.05, 0.1) is 18.8 Å². The van der Waals surface area contributed by atoms with E-state index in [1.807, 2.05) is 20.8 Å². The maximum absolute atomic E-state index is 12.8. The van der Waals surface area contributed by atoms with Crippen molar-refractivity contribution in [2.45, 2.75) is 32.7 Å². The molecule has 0 unspecified atom stereocenters. The Morgan fingerprint density at radius 3 is 2.65 bits per heavy atom. The lowest BCUT2D eigenvalue weighted by atomic mass is 10.1. The van der Waals surface area contributed by atoms with Crippen LogP contribution in [0.25, 0.3) is 0 Å². The van der Waals surface area contributed by atoms with Gasteiger partial charge >= 0.3 is 0 Å². The molecule has 0 saturated carbocycles. The third-order valence-corrected chi connectivity index (χ3v) is 3.86. The lowest BCUT2D eigenvalue weighted by Crippen LogP contribution is -2.44. The molecule has 2 aromatic heterocycles. The van der Waals surface area contributed by atoms with E-state index in [9.17, 15) is 4.79 Å². The first kappa shape index (κ1) is 15.6. The number of morpholine rings is 1. The van der Waals surface area contributed by atoms with Crippen molar-refractivity contribution in [2.24, 2.45) is 0 Å². The van der Waals surface area contributed by atoms with E-state index in [1.54, 1.807) is 23.5 Å². The first-order valence-electron chi connectivity index (χ1n) is 7.78. The number of rotatable bonds is 3. The number of hydrogen-bond acceptors (Lipinski definition) is 5. The predicted molar refractivity (Wildman–Crippen MR) is 84.0 cm³/mol. The molecular formula is C16H21N5O2. The van der Waals surface area contributed by atoms with Crippen LogP contribution in [0.2, 0.25) is 0 Å². The fourth-order valence-corrected chi connectivity index (χ4v) is 2.59. The van der Waals surface area contributed by atoms with Gasteiger partial charge in [-0.1, -0.05) is 13.8 Å². The van der Waals surface area contributed by atoms with E-state index in [0.29, 0.717) is 25.3 Å². The molecule has 0 aromatic carbocycles. The van der Waals surface area contributed by atoms with Gasteiger partial charge in [-0.25, -0.2) is 15.0 Å². The summed E-state index contributed by atoms with van der Waals surface area (Å²) in [6.07, 6.45) is 4.96. The summed E-state index contributed by atoms with van der Waals surface area (Å²) < 4.78 is 5.53. The van der Waals surface area contributed by atoms with Crippen LogP contribution in [0.1, 0.15) is 53.5 Å². The summed E-state index contributed by atoms with van der Waals surface area (Å²) in [4.78, 5) is 30.7. The summed E-state index contributed by atoms with van der Waals surface area (Å²) in [5.41, 5.74) is 1.45. The van der Waals surface area contributed by atoms with Gasteiger partial charge in [0.15, 0.2) is 0 Å². The molecule has 0 bridgehead atoms. The molecule has 0 radical (unpaired) electrons. The van der Waals surface area contributed by atoms with Crippen LogP contribution in [0.3, 0.4) is 0 Å². The van der Waals surface area contributed by atoms with E-state index in [1.165, 1.54) is 0 Å². The zero-order valence-corrected chi connectivity index (χ0v) is 13.6. The Bertz CT molecular complexity index is 680. The molecule has 0 spiro atoms. The summed E-state index contributed by atoms with van der Waals surface area (Å²) in [6.45, 7) is 7.46. The third kappa shape index (κ3) is 3.24. The highest BCUT2D eigenvalue weighted by Gasteiger charge is 2.31. The number of aryl methyl sites for hydroxylation is 1. The molecule has 1 aliphatic rings. The highest BCUT2D eigenvalue weighted by molar-refractivity contribution is 5.94. The predicted octanol–water partition coefficient (Wildman–Crippen LogP) is 1.85. The Hall–Kier alpha value is -2.28. The first-order chi connectivity index (χ1) is 11.1. The second kappa shape index (κ2) is 6.45. The number of imidazole rings is 1. The molecular weight excluding hydrogens is 294 g/mol. The second-order valence-corrected chi connectivity index (χ2v) is 6.03. The first-order valence-corrected chi connectivity index (χ1v) is 7.78. The van der Waals surface area contributed by atoms with Gasteiger partial charge in [-0.3, -0.25) is 4.79 Å². The van der Waals surface area contributed by atoms with Gasteiger partial charge in [0.2, 0.25) is 0 Å². The molecule has 1 amide bonds. The van der Waals surface area contributed by atoms with Crippen LogP contribution < -0.4 is 0 Å². The molecule has 23 heavy (non-hydrogen) atoms. The Morgan fingerprint density at radius 1 is 1.30 bits per heavy atom. The number of H-pyrrole nitrogens is 1. The standard InChI is InChI=1S/C16H21N5O2/c1-10(2)14-18-7-12(8-19-14)16(22)21-4-5-23-9-13(21)15-17-6-11(3)20-15/h6-8,10,13H,4-5,9H2,1-3H3,(H,17,20)/t13-/m1/s1. The fourth-order valence-electron chi connectivity index (χ4n) is 2.59. The van der Waals surface area contributed by atoms with Crippen LogP contribution in [0, 0.1) is 6.92 Å². The van der Waals surface area contributed by atoms with Gasteiger partial charge in [-0.05, 0) is 6.92 Å². The topological polar surface area (TPSA) is 84.0 Å². The average molecular weight is 315 g/mol. The number of nitrogens with one attached hydrogen (secondary N) is 1. The smallest absolute Gasteiger partial charge is 0.257 e. The zero-order chi connectivity index (χ0) is 16.4. The SMILES string of the molecule is Cc1cnc([C@H]2COCCN2C(=O)c2cnc(C(C)C)nc2)[nH]1. The Kier molecular flexibility index (Phi) is 4.38. The lowest BCUT2D eigenvalue weighted by molar-refractivity contribution is -0.00506. The van der Waals surface area contributed by atoms with Crippen molar-refractivity contribution in [1.82, 2.24) is 24.8 Å². The van der Waals surface area contributed by atoms with Crippen molar-refractivity contribution < 1.29 is 9.53 Å². The fraction of sp³-hybridized carbons (Fsp3) is 0.500. The lowest BCUT2D eigenvalue weighted by Gasteiger charge is -2.34. The summed E-state index contributed by atoms with van der Waals surface area (Å²) >= 11 is 0. The van der Waals surface area contributed by atoms with Crippen LogP contribution >= 0.6 is 0 Å². The van der Waals surface area contributed by atoms with Crippen LogP contribution in [-0.4, -0.2) is 50.5 Å². The van der Waals surface area contributed by atoms with Gasteiger partial charge in [-0.2, -0.15) is 0 Å². The van der Waals surface area contributed by atoms with E-state index in [4.69, 9.17) is 4.74 Å². The average Bonchev–Trinajstić information content (AvgIpc) is 3.00. The normalized spacial score (nSPS) is 18.4. The number of aromatic amines is 1. The minimum absolute atomic E-state index is 0.0948. The molecule has 7 heteroatoms. The van der Waals surface area contributed by atoms with E-state index in [2.05, 4.69) is 19.9 Å². The maximum atomic E-state index is 12.8. The molecule has 1 fully saturated rings. The van der Waals surface area contributed by atoms with Crippen molar-refractivity contribution in [3.63, 3.8) is 0 Å². The number of nitrogens with zero attached hydrogens (tertiary/aromatic N) is 4. The highest BCUT2D eigenvalue weighted by Crippen LogP contribution is 2.24. The van der Waals surface area contributed by atoms with Gasteiger partial charge in [-0.15, -0.1) is 0 Å². The Labute approximate surface area is 135 Å². The summed E-state index contributed by atoms with van der Waals surface area (Å²) in [5, 5.41) is 0. The van der Waals surface area contributed by atoms with Crippen LogP contribution in [0.4, 0.5) is 0 Å². The van der Waals surface area contributed by atoms with Gasteiger partial charge < -0.3 is 14.6 Å². The molecule has 0 aliphatic carbocycles. The number of aromatic nitrogens is 4. The van der Waals surface area contributed by atoms with Crippen molar-refractivity contribution in [2.75, 3.05) is 19.8 Å².